The van der Waals surface area contributed by atoms with E-state index in [0.717, 1.165) is 0 Å². The predicted molar refractivity (Wildman–Crippen MR) is 74.8 cm³/mol. The van der Waals surface area contributed by atoms with Gasteiger partial charge in [0.1, 0.15) is 11.9 Å². The molecule has 2 rings (SSSR count). The minimum Gasteiger partial charge on any atom is -0.368 e. The van der Waals surface area contributed by atoms with E-state index >= 15 is 0 Å². The second-order valence-corrected chi connectivity index (χ2v) is 4.49. The largest absolute Gasteiger partial charge is 0.368 e. The zero-order valence-electron chi connectivity index (χ0n) is 11.1. The lowest BCUT2D eigenvalue weighted by atomic mass is 10.0. The SMILES string of the molecule is NC(=O)[C@H](Cc1ccc(F)cc1)NC(=O)c1ccncc1. The molecule has 5 nitrogen and oxygen atoms in total. The Hall–Kier alpha value is -2.76. The van der Waals surface area contributed by atoms with E-state index in [2.05, 4.69) is 10.3 Å². The molecule has 0 saturated carbocycles. The van der Waals surface area contributed by atoms with Crippen LogP contribution in [-0.2, 0) is 11.2 Å². The number of aromatic nitrogens is 1. The number of pyridine rings is 1. The van der Waals surface area contributed by atoms with Crippen molar-refractivity contribution in [2.45, 2.75) is 12.5 Å². The highest BCUT2D eigenvalue weighted by atomic mass is 19.1. The van der Waals surface area contributed by atoms with Crippen LogP contribution < -0.4 is 11.1 Å². The summed E-state index contributed by atoms with van der Waals surface area (Å²) in [4.78, 5) is 27.3. The Kier molecular flexibility index (Phi) is 4.61. The molecule has 0 spiro atoms. The van der Waals surface area contributed by atoms with Crippen molar-refractivity contribution >= 4 is 11.8 Å². The van der Waals surface area contributed by atoms with Crippen LogP contribution in [0.15, 0.2) is 48.8 Å². The first-order chi connectivity index (χ1) is 10.1. The van der Waals surface area contributed by atoms with Crippen molar-refractivity contribution in [3.63, 3.8) is 0 Å². The van der Waals surface area contributed by atoms with Crippen molar-refractivity contribution in [2.75, 3.05) is 0 Å². The van der Waals surface area contributed by atoms with Crippen molar-refractivity contribution in [2.24, 2.45) is 5.73 Å². The lowest BCUT2D eigenvalue weighted by Gasteiger charge is -2.15. The average Bonchev–Trinajstić information content (AvgIpc) is 2.49. The molecule has 21 heavy (non-hydrogen) atoms. The number of hydrogen-bond donors (Lipinski definition) is 2. The number of carbonyl (C=O) groups excluding carboxylic acids is 2. The van der Waals surface area contributed by atoms with Crippen LogP contribution in [0.2, 0.25) is 0 Å². The number of primary amides is 1. The molecule has 0 aliphatic carbocycles. The van der Waals surface area contributed by atoms with Gasteiger partial charge in [0.15, 0.2) is 0 Å². The molecule has 108 valence electrons. The van der Waals surface area contributed by atoms with Crippen molar-refractivity contribution in [3.8, 4) is 0 Å². The summed E-state index contributed by atoms with van der Waals surface area (Å²) >= 11 is 0. The summed E-state index contributed by atoms with van der Waals surface area (Å²) in [7, 11) is 0. The Bertz CT molecular complexity index is 629. The summed E-state index contributed by atoms with van der Waals surface area (Å²) in [5.74, 6) is -1.43. The maximum absolute atomic E-state index is 12.8. The number of nitrogens with two attached hydrogens (primary N) is 1. The maximum atomic E-state index is 12.8. The molecule has 0 radical (unpaired) electrons. The normalized spacial score (nSPS) is 11.7. The average molecular weight is 287 g/mol. The molecule has 1 aromatic heterocycles. The molecule has 1 heterocycles. The first-order valence-electron chi connectivity index (χ1n) is 6.31. The number of halogens is 1. The van der Waals surface area contributed by atoms with Crippen LogP contribution in [-0.4, -0.2) is 22.8 Å². The fourth-order valence-electron chi connectivity index (χ4n) is 1.82. The number of carbonyl (C=O) groups is 2. The van der Waals surface area contributed by atoms with Crippen LogP contribution in [0.5, 0.6) is 0 Å². The number of nitrogens with zero attached hydrogens (tertiary/aromatic N) is 1. The fourth-order valence-corrected chi connectivity index (χ4v) is 1.82. The third kappa shape index (κ3) is 4.10. The molecule has 2 amide bonds. The molecule has 0 aliphatic heterocycles. The van der Waals surface area contributed by atoms with Gasteiger partial charge in [0.25, 0.3) is 5.91 Å². The lowest BCUT2D eigenvalue weighted by Crippen LogP contribution is -2.45. The van der Waals surface area contributed by atoms with Crippen LogP contribution in [0.3, 0.4) is 0 Å². The first kappa shape index (κ1) is 14.6. The molecule has 0 saturated heterocycles. The summed E-state index contributed by atoms with van der Waals surface area (Å²) in [5.41, 5.74) is 6.39. The van der Waals surface area contributed by atoms with Crippen molar-refractivity contribution in [1.82, 2.24) is 10.3 Å². The Morgan fingerprint density at radius 2 is 1.76 bits per heavy atom. The topological polar surface area (TPSA) is 85.1 Å². The van der Waals surface area contributed by atoms with Crippen molar-refractivity contribution < 1.29 is 14.0 Å². The fraction of sp³-hybridized carbons (Fsp3) is 0.133. The highest BCUT2D eigenvalue weighted by Gasteiger charge is 2.19. The van der Waals surface area contributed by atoms with E-state index in [4.69, 9.17) is 5.73 Å². The van der Waals surface area contributed by atoms with E-state index in [9.17, 15) is 14.0 Å². The van der Waals surface area contributed by atoms with Crippen LogP contribution in [0.25, 0.3) is 0 Å². The Labute approximate surface area is 121 Å². The number of rotatable bonds is 5. The van der Waals surface area contributed by atoms with Gasteiger partial charge in [-0.1, -0.05) is 12.1 Å². The van der Waals surface area contributed by atoms with Crippen molar-refractivity contribution in [1.29, 1.82) is 0 Å². The Balaban J connectivity index is 2.07. The standard InChI is InChI=1S/C15H14FN3O2/c16-12-3-1-10(2-4-12)9-13(14(17)20)19-15(21)11-5-7-18-8-6-11/h1-8,13H,9H2,(H2,17,20)(H,19,21)/t13-/m0/s1. The third-order valence-corrected chi connectivity index (χ3v) is 2.94. The first-order valence-corrected chi connectivity index (χ1v) is 6.31. The molecule has 3 N–H and O–H groups in total. The van der Waals surface area contributed by atoms with Crippen LogP contribution in [0, 0.1) is 5.82 Å². The second kappa shape index (κ2) is 6.60. The zero-order chi connectivity index (χ0) is 15.2. The number of benzene rings is 1. The molecule has 0 unspecified atom stereocenters. The molecule has 1 aromatic carbocycles. The third-order valence-electron chi connectivity index (χ3n) is 2.94. The van der Waals surface area contributed by atoms with Gasteiger partial charge in [-0.3, -0.25) is 14.6 Å². The molecule has 2 aromatic rings. The Morgan fingerprint density at radius 1 is 1.14 bits per heavy atom. The number of amides is 2. The monoisotopic (exact) mass is 287 g/mol. The summed E-state index contributed by atoms with van der Waals surface area (Å²) < 4.78 is 12.8. The molecule has 0 bridgehead atoms. The minimum absolute atomic E-state index is 0.201. The maximum Gasteiger partial charge on any atom is 0.252 e. The van der Waals surface area contributed by atoms with Gasteiger partial charge >= 0.3 is 0 Å². The van der Waals surface area contributed by atoms with E-state index in [1.807, 2.05) is 0 Å². The Morgan fingerprint density at radius 3 is 2.33 bits per heavy atom. The molecule has 0 fully saturated rings. The van der Waals surface area contributed by atoms with E-state index in [-0.39, 0.29) is 12.2 Å². The quantitative estimate of drug-likeness (QED) is 0.862. The summed E-state index contributed by atoms with van der Waals surface area (Å²) in [5, 5.41) is 2.56. The van der Waals surface area contributed by atoms with Crippen LogP contribution in [0.1, 0.15) is 15.9 Å². The van der Waals surface area contributed by atoms with Gasteiger partial charge in [-0.05, 0) is 29.8 Å². The van der Waals surface area contributed by atoms with Gasteiger partial charge in [0.05, 0.1) is 0 Å². The highest BCUT2D eigenvalue weighted by molar-refractivity contribution is 5.97. The van der Waals surface area contributed by atoms with Gasteiger partial charge in [0, 0.05) is 24.4 Å². The molecule has 0 aliphatic rings. The van der Waals surface area contributed by atoms with E-state index in [1.54, 1.807) is 12.1 Å². The predicted octanol–water partition coefficient (Wildman–Crippen LogP) is 1.05. The van der Waals surface area contributed by atoms with Gasteiger partial charge in [0.2, 0.25) is 5.91 Å². The van der Waals surface area contributed by atoms with Crippen LogP contribution >= 0.6 is 0 Å². The zero-order valence-corrected chi connectivity index (χ0v) is 11.1. The van der Waals surface area contributed by atoms with E-state index in [0.29, 0.717) is 11.1 Å². The van der Waals surface area contributed by atoms with Crippen molar-refractivity contribution in [3.05, 3.63) is 65.7 Å². The van der Waals surface area contributed by atoms with Gasteiger partial charge in [-0.15, -0.1) is 0 Å². The molecular formula is C15H14FN3O2. The number of hydrogen-bond acceptors (Lipinski definition) is 3. The molecule has 6 heteroatoms. The summed E-state index contributed by atoms with van der Waals surface area (Å²) in [6.07, 6.45) is 3.16. The summed E-state index contributed by atoms with van der Waals surface area (Å²) in [6, 6.07) is 7.87. The molecule has 1 atom stereocenters. The van der Waals surface area contributed by atoms with Gasteiger partial charge in [-0.2, -0.15) is 0 Å². The smallest absolute Gasteiger partial charge is 0.252 e. The minimum atomic E-state index is -0.865. The van der Waals surface area contributed by atoms with Gasteiger partial charge < -0.3 is 11.1 Å². The van der Waals surface area contributed by atoms with Crippen LogP contribution in [0.4, 0.5) is 4.39 Å². The number of nitrogens with one attached hydrogen (secondary N) is 1. The second-order valence-electron chi connectivity index (χ2n) is 4.49. The highest BCUT2D eigenvalue weighted by Crippen LogP contribution is 2.07. The van der Waals surface area contributed by atoms with Gasteiger partial charge in [-0.25, -0.2) is 4.39 Å². The lowest BCUT2D eigenvalue weighted by molar-refractivity contribution is -0.119. The summed E-state index contributed by atoms with van der Waals surface area (Å²) in [6.45, 7) is 0. The molecular weight excluding hydrogens is 273 g/mol. The van der Waals surface area contributed by atoms with E-state index < -0.39 is 17.9 Å². The van der Waals surface area contributed by atoms with E-state index in [1.165, 1.54) is 36.7 Å².